The number of amides is 1. The van der Waals surface area contributed by atoms with Gasteiger partial charge in [-0.3, -0.25) is 0 Å². The number of hydrogen-bond donors (Lipinski definition) is 0. The third-order valence-corrected chi connectivity index (χ3v) is 7.68. The minimum absolute atomic E-state index is 0.130. The Balaban J connectivity index is 1.57. The fraction of sp³-hybridized carbons (Fsp3) is 0.435. The summed E-state index contributed by atoms with van der Waals surface area (Å²) < 4.78 is 28.8. The first kappa shape index (κ1) is 23.4. The van der Waals surface area contributed by atoms with Crippen molar-refractivity contribution in [2.75, 3.05) is 37.3 Å². The molecular formula is C23H28N4O4S2. The van der Waals surface area contributed by atoms with Gasteiger partial charge in [0.15, 0.2) is 15.0 Å². The predicted molar refractivity (Wildman–Crippen MR) is 131 cm³/mol. The van der Waals surface area contributed by atoms with Gasteiger partial charge in [-0.15, -0.1) is 0 Å². The zero-order chi connectivity index (χ0) is 23.8. The zero-order valence-electron chi connectivity index (χ0n) is 19.2. The molecule has 1 fully saturated rings. The number of anilines is 1. The maximum atomic E-state index is 12.2. The Morgan fingerprint density at radius 1 is 1.12 bits per heavy atom. The van der Waals surface area contributed by atoms with E-state index in [0.717, 1.165) is 38.7 Å². The first-order valence-electron chi connectivity index (χ1n) is 11.0. The van der Waals surface area contributed by atoms with Crippen LogP contribution in [-0.2, 0) is 21.0 Å². The number of carbonyl (C=O) groups is 1. The molecule has 4 rings (SSSR count). The van der Waals surface area contributed by atoms with Gasteiger partial charge < -0.3 is 14.5 Å². The molecule has 33 heavy (non-hydrogen) atoms. The van der Waals surface area contributed by atoms with Crippen LogP contribution in [0.4, 0.5) is 9.93 Å². The molecule has 0 unspecified atom stereocenters. The quantitative estimate of drug-likeness (QED) is 0.536. The lowest BCUT2D eigenvalue weighted by atomic mass is 10.1. The number of aromatic nitrogens is 2. The number of aryl methyl sites for hydroxylation is 1. The summed E-state index contributed by atoms with van der Waals surface area (Å²) in [6, 6.07) is 8.85. The molecule has 0 N–H and O–H groups in total. The van der Waals surface area contributed by atoms with Crippen molar-refractivity contribution in [3.63, 3.8) is 0 Å². The van der Waals surface area contributed by atoms with Gasteiger partial charge in [0, 0.05) is 38.0 Å². The second-order valence-corrected chi connectivity index (χ2v) is 11.3. The first-order valence-corrected chi connectivity index (χ1v) is 13.7. The number of benzene rings is 1. The number of hydrogen-bond acceptors (Lipinski definition) is 8. The summed E-state index contributed by atoms with van der Waals surface area (Å²) >= 11 is 1.54. The summed E-state index contributed by atoms with van der Waals surface area (Å²) in [5.41, 5.74) is 3.67. The van der Waals surface area contributed by atoms with Crippen molar-refractivity contribution in [2.45, 2.75) is 38.2 Å². The molecule has 10 heteroatoms. The molecule has 0 saturated carbocycles. The Bertz CT molecular complexity index is 1260. The molecule has 176 valence electrons. The second-order valence-electron chi connectivity index (χ2n) is 8.37. The van der Waals surface area contributed by atoms with E-state index >= 15 is 0 Å². The summed E-state index contributed by atoms with van der Waals surface area (Å²) in [4.78, 5) is 26.9. The summed E-state index contributed by atoms with van der Waals surface area (Å²) in [7, 11) is -3.24. The molecule has 0 bridgehead atoms. The number of pyridine rings is 1. The van der Waals surface area contributed by atoms with E-state index in [1.165, 1.54) is 6.26 Å². The highest BCUT2D eigenvalue weighted by atomic mass is 32.2. The number of sulfone groups is 1. The molecule has 0 radical (unpaired) electrons. The van der Waals surface area contributed by atoms with Gasteiger partial charge >= 0.3 is 6.09 Å². The van der Waals surface area contributed by atoms with Crippen molar-refractivity contribution in [3.05, 3.63) is 35.9 Å². The van der Waals surface area contributed by atoms with Gasteiger partial charge in [0.25, 0.3) is 0 Å². The molecule has 0 aliphatic carbocycles. The third-order valence-electron chi connectivity index (χ3n) is 5.54. The molecule has 1 aliphatic heterocycles. The summed E-state index contributed by atoms with van der Waals surface area (Å²) in [5, 5.41) is 0.897. The normalized spacial score (nSPS) is 14.8. The highest BCUT2D eigenvalue weighted by Gasteiger charge is 2.25. The maximum absolute atomic E-state index is 12.2. The van der Waals surface area contributed by atoms with Crippen LogP contribution in [0.3, 0.4) is 0 Å². The van der Waals surface area contributed by atoms with Gasteiger partial charge in [-0.1, -0.05) is 30.4 Å². The van der Waals surface area contributed by atoms with Crippen molar-refractivity contribution in [1.29, 1.82) is 0 Å². The smallest absolute Gasteiger partial charge is 0.410 e. The van der Waals surface area contributed by atoms with Gasteiger partial charge in [0.05, 0.1) is 16.7 Å². The minimum Gasteiger partial charge on any atom is -0.447 e. The molecular weight excluding hydrogens is 460 g/mol. The lowest BCUT2D eigenvalue weighted by Gasteiger charge is -2.34. The predicted octanol–water partition coefficient (Wildman–Crippen LogP) is 3.99. The van der Waals surface area contributed by atoms with Crippen molar-refractivity contribution >= 4 is 42.7 Å². The van der Waals surface area contributed by atoms with E-state index in [1.807, 2.05) is 19.9 Å². The van der Waals surface area contributed by atoms with Crippen LogP contribution >= 0.6 is 11.3 Å². The topological polar surface area (TPSA) is 92.7 Å². The average molecular weight is 489 g/mol. The van der Waals surface area contributed by atoms with E-state index in [9.17, 15) is 13.2 Å². The van der Waals surface area contributed by atoms with Crippen LogP contribution in [0.5, 0.6) is 0 Å². The van der Waals surface area contributed by atoms with Gasteiger partial charge in [0.1, 0.15) is 10.3 Å². The van der Waals surface area contributed by atoms with Gasteiger partial charge in [0.2, 0.25) is 0 Å². The van der Waals surface area contributed by atoms with E-state index < -0.39 is 9.84 Å². The number of thiazole rings is 1. The van der Waals surface area contributed by atoms with Crippen LogP contribution in [0, 0.1) is 0 Å². The summed E-state index contributed by atoms with van der Waals surface area (Å²) in [6.45, 7) is 8.34. The van der Waals surface area contributed by atoms with Crippen LogP contribution in [0.25, 0.3) is 21.6 Å². The largest absolute Gasteiger partial charge is 0.447 e. The Hall–Kier alpha value is -2.72. The number of piperazine rings is 1. The number of ether oxygens (including phenoxy) is 1. The van der Waals surface area contributed by atoms with Crippen molar-refractivity contribution < 1.29 is 17.9 Å². The number of rotatable bonds is 5. The van der Waals surface area contributed by atoms with E-state index in [1.54, 1.807) is 40.5 Å². The maximum Gasteiger partial charge on any atom is 0.410 e. The third kappa shape index (κ3) is 5.11. The number of carbonyl (C=O) groups excluding carboxylic acids is 1. The number of nitrogens with zero attached hydrogens (tertiary/aromatic N) is 4. The highest BCUT2D eigenvalue weighted by Crippen LogP contribution is 2.33. The van der Waals surface area contributed by atoms with Gasteiger partial charge in [-0.2, -0.15) is 0 Å². The van der Waals surface area contributed by atoms with Gasteiger partial charge in [-0.05, 0) is 44.0 Å². The number of fused-ring (bicyclic) bond motifs is 1. The molecule has 2 aromatic heterocycles. The monoisotopic (exact) mass is 488 g/mol. The summed E-state index contributed by atoms with van der Waals surface area (Å²) in [6.07, 6.45) is 1.62. The second kappa shape index (κ2) is 9.26. The SMILES string of the molecule is CCc1cc(-c2ccc(S(C)(=O)=O)cc2)nc2sc(N3CCN(C(=O)OC(C)C)CC3)nc12. The zero-order valence-corrected chi connectivity index (χ0v) is 20.9. The Kier molecular flexibility index (Phi) is 6.58. The summed E-state index contributed by atoms with van der Waals surface area (Å²) in [5.74, 6) is 0. The molecule has 0 atom stereocenters. The van der Waals surface area contributed by atoms with Crippen molar-refractivity contribution in [2.24, 2.45) is 0 Å². The Morgan fingerprint density at radius 3 is 2.36 bits per heavy atom. The fourth-order valence-electron chi connectivity index (χ4n) is 3.74. The Morgan fingerprint density at radius 2 is 1.79 bits per heavy atom. The van der Waals surface area contributed by atoms with Crippen LogP contribution in [0.2, 0.25) is 0 Å². The van der Waals surface area contributed by atoms with E-state index in [-0.39, 0.29) is 12.2 Å². The average Bonchev–Trinajstić information content (AvgIpc) is 3.22. The standard InChI is InChI=1S/C23H28N4O4S2/c1-5-16-14-19(17-6-8-18(9-7-17)33(4,29)30)24-21-20(16)25-22(32-21)26-10-12-27(13-11-26)23(28)31-15(2)3/h6-9,14-15H,5,10-13H2,1-4H3. The Labute approximate surface area is 198 Å². The fourth-order valence-corrected chi connectivity index (χ4v) is 5.41. The molecule has 3 heterocycles. The minimum atomic E-state index is -3.24. The van der Waals surface area contributed by atoms with E-state index in [0.29, 0.717) is 31.1 Å². The van der Waals surface area contributed by atoms with Gasteiger partial charge in [-0.25, -0.2) is 23.2 Å². The molecule has 1 amide bonds. The van der Waals surface area contributed by atoms with Crippen molar-refractivity contribution in [1.82, 2.24) is 14.9 Å². The van der Waals surface area contributed by atoms with Crippen LogP contribution in [-0.4, -0.2) is 67.9 Å². The van der Waals surface area contributed by atoms with Crippen LogP contribution < -0.4 is 4.90 Å². The molecule has 1 aliphatic rings. The van der Waals surface area contributed by atoms with Crippen LogP contribution in [0.15, 0.2) is 35.2 Å². The molecule has 0 spiro atoms. The molecule has 3 aromatic rings. The molecule has 1 aromatic carbocycles. The van der Waals surface area contributed by atoms with Crippen molar-refractivity contribution in [3.8, 4) is 11.3 Å². The molecule has 1 saturated heterocycles. The molecule has 8 nitrogen and oxygen atoms in total. The van der Waals surface area contributed by atoms with Crippen LogP contribution in [0.1, 0.15) is 26.3 Å². The van der Waals surface area contributed by atoms with E-state index in [2.05, 4.69) is 11.8 Å². The highest BCUT2D eigenvalue weighted by molar-refractivity contribution is 7.90. The lowest BCUT2D eigenvalue weighted by Crippen LogP contribution is -2.49. The van der Waals surface area contributed by atoms with E-state index in [4.69, 9.17) is 14.7 Å². The lowest BCUT2D eigenvalue weighted by molar-refractivity contribution is 0.0751. The first-order chi connectivity index (χ1) is 15.7.